The number of carbonyl (C=O) groups excluding carboxylic acids is 1. The van der Waals surface area contributed by atoms with Crippen molar-refractivity contribution >= 4 is 27.5 Å². The van der Waals surface area contributed by atoms with Crippen molar-refractivity contribution < 1.29 is 9.53 Å². The molecule has 0 atom stereocenters. The third-order valence-electron chi connectivity index (χ3n) is 5.17. The average molecular weight is 413 g/mol. The molecule has 1 amide bonds. The molecule has 0 radical (unpaired) electrons. The predicted molar refractivity (Wildman–Crippen MR) is 114 cm³/mol. The lowest BCUT2D eigenvalue weighted by atomic mass is 10.2. The maximum Gasteiger partial charge on any atom is 0.259 e. The van der Waals surface area contributed by atoms with Gasteiger partial charge in [0.2, 0.25) is 5.91 Å². The number of rotatable bonds is 5. The fourth-order valence-corrected chi connectivity index (χ4v) is 4.56. The van der Waals surface area contributed by atoms with Crippen LogP contribution in [0.5, 0.6) is 5.75 Å². The van der Waals surface area contributed by atoms with Crippen LogP contribution in [0.4, 0.5) is 0 Å². The summed E-state index contributed by atoms with van der Waals surface area (Å²) >= 11 is 1.53. The molecule has 0 fully saturated rings. The van der Waals surface area contributed by atoms with Gasteiger partial charge in [0.25, 0.3) is 5.56 Å². The number of carbonyl (C=O) groups is 1. The Balaban J connectivity index is 1.32. The molecule has 3 heterocycles. The van der Waals surface area contributed by atoms with Crippen molar-refractivity contribution in [2.75, 3.05) is 26.2 Å². The largest absolute Gasteiger partial charge is 0.492 e. The molecule has 0 saturated carbocycles. The van der Waals surface area contributed by atoms with Crippen molar-refractivity contribution in [3.63, 3.8) is 0 Å². The van der Waals surface area contributed by atoms with E-state index >= 15 is 0 Å². The number of fused-ring (bicyclic) bond motifs is 2. The van der Waals surface area contributed by atoms with Crippen molar-refractivity contribution in [1.29, 1.82) is 0 Å². The molecule has 3 aromatic rings. The molecule has 4 rings (SSSR count). The third-order valence-corrected chi connectivity index (χ3v) is 6.27. The lowest BCUT2D eigenvalue weighted by molar-refractivity contribution is -0.122. The van der Waals surface area contributed by atoms with Gasteiger partial charge in [0.1, 0.15) is 23.0 Å². The molecule has 1 aliphatic heterocycles. The van der Waals surface area contributed by atoms with Gasteiger partial charge in [0.15, 0.2) is 0 Å². The number of nitrogens with zero attached hydrogens (tertiary/aromatic N) is 2. The Bertz CT molecular complexity index is 1100. The Morgan fingerprint density at radius 1 is 1.34 bits per heavy atom. The number of aromatic amines is 1. The highest BCUT2D eigenvalue weighted by Gasteiger charge is 2.17. The van der Waals surface area contributed by atoms with Crippen LogP contribution in [0.3, 0.4) is 0 Å². The summed E-state index contributed by atoms with van der Waals surface area (Å²) in [6, 6.07) is 7.92. The third kappa shape index (κ3) is 4.33. The normalized spacial score (nSPS) is 14.3. The van der Waals surface area contributed by atoms with Gasteiger partial charge >= 0.3 is 0 Å². The van der Waals surface area contributed by atoms with Crippen LogP contribution in [-0.4, -0.2) is 47.0 Å². The molecule has 0 bridgehead atoms. The maximum absolute atomic E-state index is 12.4. The summed E-state index contributed by atoms with van der Waals surface area (Å²) in [6.45, 7) is 6.62. The first-order valence-corrected chi connectivity index (χ1v) is 10.5. The van der Waals surface area contributed by atoms with Crippen molar-refractivity contribution in [2.45, 2.75) is 26.8 Å². The van der Waals surface area contributed by atoms with Crippen LogP contribution in [0, 0.1) is 13.8 Å². The standard InChI is InChI=1S/C21H24N4O3S/c1-13-14(2)29-21-19(13)20(27)23-17(24-21)7-8-22-18(26)12-25-9-10-28-16-6-4-3-5-15(16)11-25/h3-6H,7-12H2,1-2H3,(H,22,26)(H,23,24,27). The number of benzene rings is 1. The quantitative estimate of drug-likeness (QED) is 0.671. The number of hydrogen-bond acceptors (Lipinski definition) is 6. The van der Waals surface area contributed by atoms with Gasteiger partial charge in [-0.05, 0) is 25.5 Å². The van der Waals surface area contributed by atoms with Gasteiger partial charge < -0.3 is 15.0 Å². The fraction of sp³-hybridized carbons (Fsp3) is 0.381. The predicted octanol–water partition coefficient (Wildman–Crippen LogP) is 2.15. The molecule has 1 aliphatic rings. The molecule has 7 nitrogen and oxygen atoms in total. The van der Waals surface area contributed by atoms with Crippen LogP contribution in [0.2, 0.25) is 0 Å². The molecule has 152 valence electrons. The molecule has 0 spiro atoms. The minimum Gasteiger partial charge on any atom is -0.492 e. The van der Waals surface area contributed by atoms with Crippen molar-refractivity contribution in [2.24, 2.45) is 0 Å². The maximum atomic E-state index is 12.4. The number of H-pyrrole nitrogens is 1. The van der Waals surface area contributed by atoms with E-state index in [1.165, 1.54) is 11.3 Å². The second-order valence-corrected chi connectivity index (χ2v) is 8.45. The van der Waals surface area contributed by atoms with E-state index in [-0.39, 0.29) is 11.5 Å². The molecule has 0 aliphatic carbocycles. The lowest BCUT2D eigenvalue weighted by Crippen LogP contribution is -2.38. The summed E-state index contributed by atoms with van der Waals surface area (Å²) in [5, 5.41) is 3.60. The van der Waals surface area contributed by atoms with Crippen LogP contribution in [-0.2, 0) is 17.8 Å². The Labute approximate surface area is 172 Å². The Morgan fingerprint density at radius 3 is 3.03 bits per heavy atom. The summed E-state index contributed by atoms with van der Waals surface area (Å²) in [4.78, 5) is 36.0. The zero-order valence-corrected chi connectivity index (χ0v) is 17.4. The summed E-state index contributed by atoms with van der Waals surface area (Å²) in [5.41, 5.74) is 1.97. The first kappa shape index (κ1) is 19.6. The highest BCUT2D eigenvalue weighted by atomic mass is 32.1. The first-order chi connectivity index (χ1) is 14.0. The summed E-state index contributed by atoms with van der Waals surface area (Å²) < 4.78 is 5.74. The number of hydrogen-bond donors (Lipinski definition) is 2. The number of aryl methyl sites for hydroxylation is 2. The number of ether oxygens (including phenoxy) is 1. The first-order valence-electron chi connectivity index (χ1n) is 9.70. The minimum absolute atomic E-state index is 0.0457. The van der Waals surface area contributed by atoms with Crippen molar-refractivity contribution in [3.8, 4) is 5.75 Å². The van der Waals surface area contributed by atoms with E-state index in [0.29, 0.717) is 50.4 Å². The van der Waals surface area contributed by atoms with Crippen LogP contribution in [0.25, 0.3) is 10.2 Å². The van der Waals surface area contributed by atoms with Crippen molar-refractivity contribution in [1.82, 2.24) is 20.2 Å². The van der Waals surface area contributed by atoms with E-state index in [2.05, 4.69) is 20.2 Å². The number of thiophene rings is 1. The second-order valence-electron chi connectivity index (χ2n) is 7.24. The van der Waals surface area contributed by atoms with E-state index in [9.17, 15) is 9.59 Å². The fourth-order valence-electron chi connectivity index (χ4n) is 3.51. The van der Waals surface area contributed by atoms with E-state index < -0.39 is 0 Å². The average Bonchev–Trinajstić information content (AvgIpc) is 2.85. The Kier molecular flexibility index (Phi) is 5.64. The van der Waals surface area contributed by atoms with Gasteiger partial charge in [-0.15, -0.1) is 11.3 Å². The highest BCUT2D eigenvalue weighted by molar-refractivity contribution is 7.18. The molecule has 0 saturated heterocycles. The zero-order valence-electron chi connectivity index (χ0n) is 16.6. The Hall–Kier alpha value is -2.71. The zero-order chi connectivity index (χ0) is 20.4. The van der Waals surface area contributed by atoms with Gasteiger partial charge in [-0.3, -0.25) is 14.5 Å². The molecule has 2 N–H and O–H groups in total. The summed E-state index contributed by atoms with van der Waals surface area (Å²) in [7, 11) is 0. The van der Waals surface area contributed by atoms with E-state index in [4.69, 9.17) is 4.74 Å². The molecule has 29 heavy (non-hydrogen) atoms. The number of amides is 1. The molecular weight excluding hydrogens is 388 g/mol. The highest BCUT2D eigenvalue weighted by Crippen LogP contribution is 2.25. The molecule has 2 aromatic heterocycles. The summed E-state index contributed by atoms with van der Waals surface area (Å²) in [5.74, 6) is 1.44. The lowest BCUT2D eigenvalue weighted by Gasteiger charge is -2.18. The summed E-state index contributed by atoms with van der Waals surface area (Å²) in [6.07, 6.45) is 0.485. The van der Waals surface area contributed by atoms with Crippen molar-refractivity contribution in [3.05, 3.63) is 56.4 Å². The smallest absolute Gasteiger partial charge is 0.259 e. The molecular formula is C21H24N4O3S. The van der Waals surface area contributed by atoms with Crippen LogP contribution >= 0.6 is 11.3 Å². The molecule has 0 unspecified atom stereocenters. The van der Waals surface area contributed by atoms with E-state index in [1.54, 1.807) is 0 Å². The van der Waals surface area contributed by atoms with Gasteiger partial charge in [-0.25, -0.2) is 4.98 Å². The SMILES string of the molecule is Cc1sc2nc(CCNC(=O)CN3CCOc4ccccc4C3)[nH]c(=O)c2c1C. The topological polar surface area (TPSA) is 87.3 Å². The van der Waals surface area contributed by atoms with Crippen LogP contribution in [0.1, 0.15) is 21.8 Å². The monoisotopic (exact) mass is 412 g/mol. The molecule has 8 heteroatoms. The second kappa shape index (κ2) is 8.34. The van der Waals surface area contributed by atoms with Gasteiger partial charge in [0.05, 0.1) is 11.9 Å². The number of aromatic nitrogens is 2. The van der Waals surface area contributed by atoms with Gasteiger partial charge in [0, 0.05) is 36.5 Å². The van der Waals surface area contributed by atoms with Crippen LogP contribution in [0.15, 0.2) is 29.1 Å². The Morgan fingerprint density at radius 2 is 2.17 bits per heavy atom. The van der Waals surface area contributed by atoms with Gasteiger partial charge in [-0.1, -0.05) is 18.2 Å². The van der Waals surface area contributed by atoms with Crippen LogP contribution < -0.4 is 15.6 Å². The molecule has 1 aromatic carbocycles. The number of para-hydroxylation sites is 1. The number of nitrogens with one attached hydrogen (secondary N) is 2. The minimum atomic E-state index is -0.110. The van der Waals surface area contributed by atoms with E-state index in [0.717, 1.165) is 26.6 Å². The van der Waals surface area contributed by atoms with E-state index in [1.807, 2.05) is 38.1 Å². The van der Waals surface area contributed by atoms with Gasteiger partial charge in [-0.2, -0.15) is 0 Å².